The molecule has 0 amide bonds. The van der Waals surface area contributed by atoms with Gasteiger partial charge in [-0.1, -0.05) is 31.7 Å². The molecule has 1 N–H and O–H groups in total. The Hall–Kier alpha value is -1.56. The van der Waals surface area contributed by atoms with Crippen molar-refractivity contribution in [1.82, 2.24) is 9.55 Å². The molecule has 21 heavy (non-hydrogen) atoms. The number of hydrogen-bond acceptors (Lipinski definition) is 3. The van der Waals surface area contributed by atoms with E-state index in [-0.39, 0.29) is 11.6 Å². The monoisotopic (exact) mass is 308 g/mol. The van der Waals surface area contributed by atoms with Crippen LogP contribution in [0.5, 0.6) is 0 Å². The van der Waals surface area contributed by atoms with Gasteiger partial charge >= 0.3 is 5.97 Å². The molecule has 0 bridgehead atoms. The summed E-state index contributed by atoms with van der Waals surface area (Å²) in [6.45, 7) is 5.18. The molecule has 0 saturated heterocycles. The van der Waals surface area contributed by atoms with Gasteiger partial charge in [0.2, 0.25) is 0 Å². The molecule has 0 aliphatic heterocycles. The Balaban J connectivity index is 1.98. The molecule has 1 aromatic carbocycles. The minimum absolute atomic E-state index is 0.0704. The molecular weight excluding hydrogens is 291 g/mol. The van der Waals surface area contributed by atoms with Crippen LogP contribution in [0.1, 0.15) is 20.3 Å². The van der Waals surface area contributed by atoms with Gasteiger partial charge in [0, 0.05) is 6.54 Å². The summed E-state index contributed by atoms with van der Waals surface area (Å²) in [6.07, 6.45) is 1.13. The van der Waals surface area contributed by atoms with E-state index in [9.17, 15) is 9.18 Å². The molecule has 1 aliphatic rings. The number of hydrogen-bond donors (Lipinski definition) is 1. The number of halogens is 1. The van der Waals surface area contributed by atoms with E-state index in [0.29, 0.717) is 22.0 Å². The summed E-state index contributed by atoms with van der Waals surface area (Å²) in [4.78, 5) is 15.1. The topological polar surface area (TPSA) is 55.1 Å². The molecule has 6 heteroatoms. The molecule has 1 aromatic heterocycles. The van der Waals surface area contributed by atoms with Gasteiger partial charge in [0.15, 0.2) is 11.0 Å². The number of benzene rings is 1. The summed E-state index contributed by atoms with van der Waals surface area (Å²) in [7, 11) is 0. The molecule has 112 valence electrons. The molecule has 1 heterocycles. The zero-order valence-corrected chi connectivity index (χ0v) is 12.8. The van der Waals surface area contributed by atoms with Crippen LogP contribution in [-0.4, -0.2) is 26.4 Å². The minimum Gasteiger partial charge on any atom is -0.481 e. The predicted octanol–water partition coefficient (Wildman–Crippen LogP) is 3.40. The number of nitrogens with zero attached hydrogens (tertiary/aromatic N) is 2. The van der Waals surface area contributed by atoms with E-state index < -0.39 is 5.97 Å². The zero-order chi connectivity index (χ0) is 15.2. The number of aromatic nitrogens is 2. The largest absolute Gasteiger partial charge is 0.481 e. The van der Waals surface area contributed by atoms with Crippen molar-refractivity contribution in [2.75, 3.05) is 5.75 Å². The Morgan fingerprint density at radius 3 is 2.90 bits per heavy atom. The average molecular weight is 308 g/mol. The van der Waals surface area contributed by atoms with Crippen LogP contribution in [-0.2, 0) is 11.3 Å². The summed E-state index contributed by atoms with van der Waals surface area (Å²) in [5.74, 6) is -0.800. The Kier molecular flexibility index (Phi) is 3.43. The number of rotatable bonds is 5. The predicted molar refractivity (Wildman–Crippen MR) is 79.9 cm³/mol. The number of carboxylic acid groups (broad SMARTS) is 1. The van der Waals surface area contributed by atoms with Gasteiger partial charge in [0.1, 0.15) is 5.52 Å². The van der Waals surface area contributed by atoms with Crippen LogP contribution >= 0.6 is 11.8 Å². The number of fused-ring (bicyclic) bond motifs is 1. The Labute approximate surface area is 126 Å². The summed E-state index contributed by atoms with van der Waals surface area (Å²) in [5, 5.41) is 9.42. The molecule has 0 radical (unpaired) electrons. The van der Waals surface area contributed by atoms with Gasteiger partial charge in [0.05, 0.1) is 11.3 Å². The van der Waals surface area contributed by atoms with Gasteiger partial charge < -0.3 is 9.67 Å². The summed E-state index contributed by atoms with van der Waals surface area (Å²) in [6, 6.07) is 4.89. The van der Waals surface area contributed by atoms with Crippen molar-refractivity contribution in [2.24, 2.45) is 11.3 Å². The SMILES string of the molecule is CC1(C)CC1Cn1c(SCC(=O)O)nc2c(F)cccc21. The van der Waals surface area contributed by atoms with Crippen molar-refractivity contribution >= 4 is 28.8 Å². The van der Waals surface area contributed by atoms with Crippen LogP contribution in [0.4, 0.5) is 4.39 Å². The molecule has 1 aliphatic carbocycles. The molecule has 4 nitrogen and oxygen atoms in total. The number of aliphatic carboxylic acids is 1. The summed E-state index contributed by atoms with van der Waals surface area (Å²) < 4.78 is 15.8. The Morgan fingerprint density at radius 2 is 2.29 bits per heavy atom. The lowest BCUT2D eigenvalue weighted by Gasteiger charge is -2.09. The lowest BCUT2D eigenvalue weighted by Crippen LogP contribution is -2.07. The summed E-state index contributed by atoms with van der Waals surface area (Å²) in [5.41, 5.74) is 1.37. The van der Waals surface area contributed by atoms with E-state index in [1.165, 1.54) is 6.07 Å². The van der Waals surface area contributed by atoms with Gasteiger partial charge in [-0.2, -0.15) is 0 Å². The zero-order valence-electron chi connectivity index (χ0n) is 12.0. The lowest BCUT2D eigenvalue weighted by molar-refractivity contribution is -0.133. The third-order valence-corrected chi connectivity index (χ3v) is 5.10. The number of thioether (sulfide) groups is 1. The van der Waals surface area contributed by atoms with Crippen LogP contribution in [0.25, 0.3) is 11.0 Å². The van der Waals surface area contributed by atoms with Crippen LogP contribution in [0.2, 0.25) is 0 Å². The van der Waals surface area contributed by atoms with E-state index in [4.69, 9.17) is 5.11 Å². The fraction of sp³-hybridized carbons (Fsp3) is 0.467. The third-order valence-electron chi connectivity index (χ3n) is 4.14. The van der Waals surface area contributed by atoms with Crippen molar-refractivity contribution < 1.29 is 14.3 Å². The van der Waals surface area contributed by atoms with Crippen LogP contribution in [0, 0.1) is 17.2 Å². The second-order valence-corrected chi connectivity index (χ2v) is 7.13. The highest BCUT2D eigenvalue weighted by molar-refractivity contribution is 7.99. The van der Waals surface area contributed by atoms with Gasteiger partial charge in [0.25, 0.3) is 0 Å². The maximum atomic E-state index is 13.9. The summed E-state index contributed by atoms with van der Waals surface area (Å²) >= 11 is 1.15. The number of carbonyl (C=O) groups is 1. The maximum Gasteiger partial charge on any atom is 0.313 e. The molecule has 1 atom stereocenters. The molecule has 0 spiro atoms. The maximum absolute atomic E-state index is 13.9. The fourth-order valence-corrected chi connectivity index (χ4v) is 3.35. The molecule has 1 fully saturated rings. The quantitative estimate of drug-likeness (QED) is 0.860. The molecule has 2 aromatic rings. The fourth-order valence-electron chi connectivity index (χ4n) is 2.61. The van der Waals surface area contributed by atoms with Gasteiger partial charge in [-0.15, -0.1) is 0 Å². The highest BCUT2D eigenvalue weighted by Crippen LogP contribution is 2.53. The standard InChI is InChI=1S/C15H17FN2O2S/c1-15(2)6-9(15)7-18-11-5-3-4-10(16)13(11)17-14(18)21-8-12(19)20/h3-5,9H,6-8H2,1-2H3,(H,19,20). The Morgan fingerprint density at radius 1 is 1.57 bits per heavy atom. The first-order valence-corrected chi connectivity index (χ1v) is 7.86. The van der Waals surface area contributed by atoms with Gasteiger partial charge in [-0.3, -0.25) is 4.79 Å². The normalized spacial score (nSPS) is 19.9. The van der Waals surface area contributed by atoms with E-state index in [1.807, 2.05) is 10.6 Å². The van der Waals surface area contributed by atoms with Crippen molar-refractivity contribution in [3.8, 4) is 0 Å². The number of imidazole rings is 1. The van der Waals surface area contributed by atoms with Crippen molar-refractivity contribution in [3.05, 3.63) is 24.0 Å². The third kappa shape index (κ3) is 2.77. The van der Waals surface area contributed by atoms with Crippen LogP contribution in [0.15, 0.2) is 23.4 Å². The van der Waals surface area contributed by atoms with E-state index >= 15 is 0 Å². The van der Waals surface area contributed by atoms with Gasteiger partial charge in [-0.05, 0) is 29.9 Å². The van der Waals surface area contributed by atoms with Crippen molar-refractivity contribution in [3.63, 3.8) is 0 Å². The van der Waals surface area contributed by atoms with E-state index in [1.54, 1.807) is 6.07 Å². The smallest absolute Gasteiger partial charge is 0.313 e. The molecule has 3 rings (SSSR count). The van der Waals surface area contributed by atoms with Crippen LogP contribution < -0.4 is 0 Å². The van der Waals surface area contributed by atoms with E-state index in [2.05, 4.69) is 18.8 Å². The van der Waals surface area contributed by atoms with Crippen molar-refractivity contribution in [2.45, 2.75) is 32.0 Å². The number of para-hydroxylation sites is 1. The van der Waals surface area contributed by atoms with E-state index in [0.717, 1.165) is 30.2 Å². The van der Waals surface area contributed by atoms with Crippen molar-refractivity contribution in [1.29, 1.82) is 0 Å². The molecule has 1 saturated carbocycles. The average Bonchev–Trinajstić information content (AvgIpc) is 2.84. The first-order chi connectivity index (χ1) is 9.88. The van der Waals surface area contributed by atoms with Crippen LogP contribution in [0.3, 0.4) is 0 Å². The molecule has 1 unspecified atom stereocenters. The first-order valence-electron chi connectivity index (χ1n) is 6.88. The Bertz CT molecular complexity index is 711. The number of carboxylic acids is 1. The second kappa shape index (κ2) is 5.02. The highest BCUT2D eigenvalue weighted by Gasteiger charge is 2.45. The first kappa shape index (κ1) is 14.4. The van der Waals surface area contributed by atoms with Gasteiger partial charge in [-0.25, -0.2) is 9.37 Å². The second-order valence-electron chi connectivity index (χ2n) is 6.18. The molecular formula is C15H17FN2O2S. The highest BCUT2D eigenvalue weighted by atomic mass is 32.2. The minimum atomic E-state index is -0.897. The lowest BCUT2D eigenvalue weighted by atomic mass is 10.1.